The zero-order chi connectivity index (χ0) is 44.7. The minimum Gasteiger partial charge on any atom is -0.493 e. The number of fused-ring (bicyclic) bond motifs is 2. The van der Waals surface area contributed by atoms with Crippen molar-refractivity contribution in [1.29, 1.82) is 0 Å². The van der Waals surface area contributed by atoms with E-state index in [1.54, 1.807) is 57.7 Å². The molecule has 0 saturated carbocycles. The Morgan fingerprint density at radius 2 is 1.38 bits per heavy atom. The van der Waals surface area contributed by atoms with Crippen LogP contribution in [0, 0.1) is 0 Å². The molecule has 2 atom stereocenters. The Hall–Kier alpha value is -6.39. The lowest BCUT2D eigenvalue weighted by Crippen LogP contribution is -2.28. The van der Waals surface area contributed by atoms with Gasteiger partial charge in [0.25, 0.3) is 11.8 Å². The van der Waals surface area contributed by atoms with Crippen LogP contribution in [0.4, 0.5) is 0 Å². The first-order valence-electron chi connectivity index (χ1n) is 20.3. The normalized spacial score (nSPS) is 13.2. The molecule has 0 aliphatic carbocycles. The third-order valence-corrected chi connectivity index (χ3v) is 10.2. The Balaban J connectivity index is 1.25. The van der Waals surface area contributed by atoms with E-state index >= 15 is 0 Å². The molecular weight excluding hydrogens is 832 g/mol. The van der Waals surface area contributed by atoms with E-state index in [9.17, 15) is 9.59 Å². The molecule has 16 heteroatoms. The molecule has 6 rings (SSSR count). The number of hydrogen-bond acceptors (Lipinski definition) is 13. The van der Waals surface area contributed by atoms with E-state index < -0.39 is 24.0 Å². The Kier molecular flexibility index (Phi) is 16.6. The Labute approximate surface area is 371 Å². The van der Waals surface area contributed by atoms with Gasteiger partial charge in [-0.2, -0.15) is 10.2 Å². The van der Waals surface area contributed by atoms with Crippen molar-refractivity contribution in [2.75, 3.05) is 61.5 Å². The molecule has 0 radical (unpaired) electrons. The fourth-order valence-electron chi connectivity index (χ4n) is 6.92. The molecule has 2 N–H and O–H groups in total. The number of rotatable bonds is 21. The summed E-state index contributed by atoms with van der Waals surface area (Å²) in [5, 5.41) is 10.5. The van der Waals surface area contributed by atoms with Gasteiger partial charge < -0.3 is 42.6 Å². The summed E-state index contributed by atoms with van der Waals surface area (Å²) in [6.45, 7) is 5.44. The van der Waals surface area contributed by atoms with Gasteiger partial charge in [0, 0.05) is 7.11 Å². The van der Waals surface area contributed by atoms with Crippen LogP contribution in [0.2, 0.25) is 5.02 Å². The summed E-state index contributed by atoms with van der Waals surface area (Å²) in [6.07, 6.45) is 1.50. The average molecular weight is 883 g/mol. The van der Waals surface area contributed by atoms with Crippen LogP contribution in [-0.2, 0) is 36.8 Å². The van der Waals surface area contributed by atoms with E-state index in [-0.39, 0.29) is 19.8 Å². The topological polar surface area (TPSA) is 166 Å². The van der Waals surface area contributed by atoms with E-state index in [1.165, 1.54) is 19.5 Å². The van der Waals surface area contributed by atoms with Crippen LogP contribution in [0.3, 0.4) is 0 Å². The first-order valence-corrected chi connectivity index (χ1v) is 20.6. The largest absolute Gasteiger partial charge is 0.493 e. The molecule has 332 valence electrons. The maximum Gasteiger partial charge on any atom is 0.273 e. The predicted molar refractivity (Wildman–Crippen MR) is 239 cm³/mol. The summed E-state index contributed by atoms with van der Waals surface area (Å²) >= 11 is 6.44. The van der Waals surface area contributed by atoms with Gasteiger partial charge in [-0.25, -0.2) is 10.9 Å². The fraction of sp³-hybridized carbons (Fsp3) is 0.319. The molecule has 0 spiro atoms. The average Bonchev–Trinajstić information content (AvgIpc) is 3.30. The molecule has 15 nitrogen and oxygen atoms in total. The van der Waals surface area contributed by atoms with Gasteiger partial charge in [-0.1, -0.05) is 54.9 Å². The van der Waals surface area contributed by atoms with Gasteiger partial charge >= 0.3 is 0 Å². The van der Waals surface area contributed by atoms with Gasteiger partial charge in [0.15, 0.2) is 46.7 Å². The highest BCUT2D eigenvalue weighted by molar-refractivity contribution is 6.32. The highest BCUT2D eigenvalue weighted by atomic mass is 35.5. The molecule has 63 heavy (non-hydrogen) atoms. The number of hydrogen-bond donors (Lipinski definition) is 2. The standard InChI is InChI=1S/C47H51ClN4O11/c1-7-31-20-29(22-40(56-4)42(31)57-5)26-49-51-46(53)43(62-17-16-55-3)33-13-12-32-10-9-11-35(36(32)24-33)28-63-44(34-14-15-38-39(25-34)61-19-18-60-38)47(54)52-50-27-30-21-37(48)45(58-6)41(23-30)59-8-2/h9-15,20-27,43-44H,7-8,16-19,28H2,1-6H3,(H,51,53)(H,52,54). The van der Waals surface area contributed by atoms with Gasteiger partial charge in [-0.05, 0) is 100.0 Å². The molecule has 2 unspecified atom stereocenters. The lowest BCUT2D eigenvalue weighted by atomic mass is 9.99. The zero-order valence-corrected chi connectivity index (χ0v) is 36.8. The smallest absolute Gasteiger partial charge is 0.273 e. The van der Waals surface area contributed by atoms with Crippen molar-refractivity contribution < 1.29 is 52.2 Å². The van der Waals surface area contributed by atoms with E-state index in [0.29, 0.717) is 88.0 Å². The van der Waals surface area contributed by atoms with Crippen molar-refractivity contribution in [2.24, 2.45) is 10.2 Å². The monoisotopic (exact) mass is 882 g/mol. The minimum absolute atomic E-state index is 0.000396. The second kappa shape index (κ2) is 22.6. The van der Waals surface area contributed by atoms with Crippen molar-refractivity contribution in [3.63, 3.8) is 0 Å². The van der Waals surface area contributed by atoms with Gasteiger partial charge in [0.05, 0.1) is 65.2 Å². The molecule has 1 heterocycles. The van der Waals surface area contributed by atoms with Crippen LogP contribution in [0.25, 0.3) is 10.8 Å². The summed E-state index contributed by atoms with van der Waals surface area (Å²) in [6, 6.07) is 23.6. The van der Waals surface area contributed by atoms with Crippen LogP contribution < -0.4 is 39.3 Å². The number of amides is 2. The first-order chi connectivity index (χ1) is 30.7. The second-order valence-electron chi connectivity index (χ2n) is 13.9. The predicted octanol–water partition coefficient (Wildman–Crippen LogP) is 7.51. The van der Waals surface area contributed by atoms with Crippen LogP contribution in [0.5, 0.6) is 34.5 Å². The number of halogens is 1. The molecule has 0 aromatic heterocycles. The molecule has 1 aliphatic rings. The number of benzene rings is 5. The lowest BCUT2D eigenvalue weighted by molar-refractivity contribution is -0.134. The maximum absolute atomic E-state index is 13.9. The fourth-order valence-corrected chi connectivity index (χ4v) is 7.22. The van der Waals surface area contributed by atoms with E-state index in [0.717, 1.165) is 21.9 Å². The van der Waals surface area contributed by atoms with Gasteiger partial charge in [-0.3, -0.25) is 9.59 Å². The highest BCUT2D eigenvalue weighted by Crippen LogP contribution is 2.37. The highest BCUT2D eigenvalue weighted by Gasteiger charge is 2.26. The van der Waals surface area contributed by atoms with Crippen molar-refractivity contribution in [1.82, 2.24) is 10.9 Å². The Morgan fingerprint density at radius 3 is 2.06 bits per heavy atom. The van der Waals surface area contributed by atoms with E-state index in [2.05, 4.69) is 21.1 Å². The van der Waals surface area contributed by atoms with Crippen LogP contribution in [0.15, 0.2) is 89.1 Å². The van der Waals surface area contributed by atoms with Crippen molar-refractivity contribution in [3.8, 4) is 34.5 Å². The van der Waals surface area contributed by atoms with Crippen molar-refractivity contribution >= 4 is 46.6 Å². The van der Waals surface area contributed by atoms with Crippen LogP contribution >= 0.6 is 11.6 Å². The van der Waals surface area contributed by atoms with Crippen LogP contribution in [0.1, 0.15) is 59.4 Å². The molecule has 1 aliphatic heterocycles. The van der Waals surface area contributed by atoms with Gasteiger partial charge in [0.2, 0.25) is 0 Å². The summed E-state index contributed by atoms with van der Waals surface area (Å²) in [7, 11) is 6.22. The van der Waals surface area contributed by atoms with E-state index in [1.807, 2.05) is 56.3 Å². The molecular formula is C47H51ClN4O11. The summed E-state index contributed by atoms with van der Waals surface area (Å²) in [5.74, 6) is 2.06. The number of aryl methyl sites for hydroxylation is 1. The maximum atomic E-state index is 13.9. The number of carbonyl (C=O) groups is 2. The zero-order valence-electron chi connectivity index (χ0n) is 36.0. The molecule has 2 amide bonds. The molecule has 0 saturated heterocycles. The third kappa shape index (κ3) is 11.6. The van der Waals surface area contributed by atoms with Crippen LogP contribution in [-0.4, -0.2) is 85.7 Å². The first kappa shape index (κ1) is 46.1. The third-order valence-electron chi connectivity index (χ3n) is 9.89. The van der Waals surface area contributed by atoms with Gasteiger partial charge in [-0.15, -0.1) is 0 Å². The summed E-state index contributed by atoms with van der Waals surface area (Å²) in [4.78, 5) is 27.7. The number of carbonyl (C=O) groups excluding carboxylic acids is 2. The Bertz CT molecular complexity index is 2420. The lowest BCUT2D eigenvalue weighted by Gasteiger charge is -2.22. The SMILES string of the molecule is CCOc1cc(C=NNC(=O)C(OCc2cccc3ccc(C(OCCOC)C(=O)NN=Cc4cc(CC)c(OC)c(OC)c4)cc23)c2ccc3c(c2)OCCO3)cc(Cl)c1OC. The van der Waals surface area contributed by atoms with Crippen molar-refractivity contribution in [2.45, 2.75) is 39.1 Å². The van der Waals surface area contributed by atoms with E-state index in [4.69, 9.17) is 54.2 Å². The number of ether oxygens (including phenoxy) is 9. The molecule has 0 bridgehead atoms. The number of nitrogens with one attached hydrogen (secondary N) is 2. The molecule has 5 aromatic rings. The Morgan fingerprint density at radius 1 is 0.714 bits per heavy atom. The number of nitrogens with zero attached hydrogens (tertiary/aromatic N) is 2. The minimum atomic E-state index is -1.14. The number of hydrazone groups is 2. The summed E-state index contributed by atoms with van der Waals surface area (Å²) in [5.41, 5.74) is 9.29. The molecule has 0 fully saturated rings. The second-order valence-corrected chi connectivity index (χ2v) is 14.3. The summed E-state index contributed by atoms with van der Waals surface area (Å²) < 4.78 is 51.4. The van der Waals surface area contributed by atoms with Crippen molar-refractivity contribution in [3.05, 3.63) is 117 Å². The van der Waals surface area contributed by atoms with Gasteiger partial charge in [0.1, 0.15) is 13.2 Å². The number of methoxy groups -OCH3 is 4. The quantitative estimate of drug-likeness (QED) is 0.0426. The molecule has 5 aromatic carbocycles.